The first-order chi connectivity index (χ1) is 11.0. The molecular weight excluding hydrogens is 301 g/mol. The molecule has 0 aliphatic rings. The molecule has 0 aliphatic heterocycles. The van der Waals surface area contributed by atoms with E-state index in [2.05, 4.69) is 10.1 Å². The van der Waals surface area contributed by atoms with Crippen LogP contribution in [0.25, 0.3) is 0 Å². The summed E-state index contributed by atoms with van der Waals surface area (Å²) in [5.74, 6) is -1.50. The van der Waals surface area contributed by atoms with Crippen molar-refractivity contribution >= 4 is 11.9 Å². The van der Waals surface area contributed by atoms with E-state index >= 15 is 0 Å². The van der Waals surface area contributed by atoms with Gasteiger partial charge in [-0.15, -0.1) is 0 Å². The van der Waals surface area contributed by atoms with E-state index in [1.165, 1.54) is 49.6 Å². The summed E-state index contributed by atoms with van der Waals surface area (Å²) in [5, 5.41) is 11.8. The minimum absolute atomic E-state index is 0.0332. The van der Waals surface area contributed by atoms with Gasteiger partial charge in [0, 0.05) is 12.0 Å². The molecule has 0 radical (unpaired) electrons. The molecule has 1 atom stereocenters. The fraction of sp³-hybridized carbons (Fsp3) is 0.176. The molecule has 0 saturated carbocycles. The second-order valence-corrected chi connectivity index (χ2v) is 4.93. The fourth-order valence-electron chi connectivity index (χ4n) is 2.09. The number of halogens is 1. The van der Waals surface area contributed by atoms with Crippen LogP contribution in [0.4, 0.5) is 4.39 Å². The number of hydrogen-bond donors (Lipinski definition) is 2. The molecule has 5 nitrogen and oxygen atoms in total. The van der Waals surface area contributed by atoms with Gasteiger partial charge in [0.25, 0.3) is 5.91 Å². The smallest absolute Gasteiger partial charge is 0.328 e. The van der Waals surface area contributed by atoms with Gasteiger partial charge in [0.1, 0.15) is 17.6 Å². The maximum absolute atomic E-state index is 13.2. The van der Waals surface area contributed by atoms with Crippen LogP contribution in [0, 0.1) is 5.82 Å². The van der Waals surface area contributed by atoms with Gasteiger partial charge in [0.15, 0.2) is 0 Å². The second-order valence-electron chi connectivity index (χ2n) is 4.93. The fourth-order valence-corrected chi connectivity index (χ4v) is 2.09. The van der Waals surface area contributed by atoms with Crippen LogP contribution in [-0.2, 0) is 16.0 Å². The van der Waals surface area contributed by atoms with E-state index < -0.39 is 23.7 Å². The van der Waals surface area contributed by atoms with Crippen LogP contribution in [0.1, 0.15) is 15.9 Å². The molecule has 6 heteroatoms. The molecule has 0 aliphatic carbocycles. The number of rotatable bonds is 5. The number of aromatic hydroxyl groups is 1. The lowest BCUT2D eigenvalue weighted by Gasteiger charge is -2.16. The van der Waals surface area contributed by atoms with Gasteiger partial charge in [0.2, 0.25) is 0 Å². The molecule has 0 bridgehead atoms. The van der Waals surface area contributed by atoms with Crippen molar-refractivity contribution in [1.82, 2.24) is 5.32 Å². The van der Waals surface area contributed by atoms with E-state index in [1.807, 2.05) is 0 Å². The first-order valence-electron chi connectivity index (χ1n) is 6.92. The second kappa shape index (κ2) is 7.40. The quantitative estimate of drug-likeness (QED) is 0.828. The Bertz CT molecular complexity index is 700. The van der Waals surface area contributed by atoms with Gasteiger partial charge in [-0.3, -0.25) is 4.79 Å². The Morgan fingerprint density at radius 2 is 1.91 bits per heavy atom. The van der Waals surface area contributed by atoms with Gasteiger partial charge in [-0.1, -0.05) is 12.1 Å². The highest BCUT2D eigenvalue weighted by Gasteiger charge is 2.22. The van der Waals surface area contributed by atoms with Crippen molar-refractivity contribution in [3.05, 3.63) is 65.5 Å². The molecule has 2 aromatic rings. The average molecular weight is 317 g/mol. The molecule has 120 valence electrons. The Morgan fingerprint density at radius 1 is 1.22 bits per heavy atom. The lowest BCUT2D eigenvalue weighted by molar-refractivity contribution is -0.142. The summed E-state index contributed by atoms with van der Waals surface area (Å²) in [6.07, 6.45) is 0.105. The van der Waals surface area contributed by atoms with Crippen molar-refractivity contribution in [2.45, 2.75) is 12.5 Å². The Morgan fingerprint density at radius 3 is 2.52 bits per heavy atom. The van der Waals surface area contributed by atoms with Gasteiger partial charge in [0.05, 0.1) is 7.11 Å². The molecule has 0 saturated heterocycles. The number of ether oxygens (including phenoxy) is 1. The summed E-state index contributed by atoms with van der Waals surface area (Å²) >= 11 is 0. The number of carbonyl (C=O) groups is 2. The van der Waals surface area contributed by atoms with E-state index in [9.17, 15) is 19.1 Å². The number of phenolic OH excluding ortho intramolecular Hbond substituents is 1. The molecule has 23 heavy (non-hydrogen) atoms. The Kier molecular flexibility index (Phi) is 5.30. The number of esters is 1. The van der Waals surface area contributed by atoms with Crippen molar-refractivity contribution in [2.24, 2.45) is 0 Å². The number of benzene rings is 2. The van der Waals surface area contributed by atoms with Crippen LogP contribution in [0.2, 0.25) is 0 Å². The highest BCUT2D eigenvalue weighted by Crippen LogP contribution is 2.11. The standard InChI is InChI=1S/C17H16FNO4/c1-23-17(22)15(10-11-3-2-4-13(18)9-11)19-16(21)12-5-7-14(20)8-6-12/h2-9,15,20H,10H2,1H3,(H,19,21)/t15-/m1/s1. The van der Waals surface area contributed by atoms with E-state index in [-0.39, 0.29) is 17.7 Å². The Hall–Kier alpha value is -2.89. The molecule has 1 amide bonds. The molecule has 0 spiro atoms. The maximum atomic E-state index is 13.2. The molecular formula is C17H16FNO4. The largest absolute Gasteiger partial charge is 0.508 e. The topological polar surface area (TPSA) is 75.6 Å². The zero-order valence-electron chi connectivity index (χ0n) is 12.5. The lowest BCUT2D eigenvalue weighted by Crippen LogP contribution is -2.43. The molecule has 0 aromatic heterocycles. The number of phenols is 1. The van der Waals surface area contributed by atoms with Crippen molar-refractivity contribution in [1.29, 1.82) is 0 Å². The van der Waals surface area contributed by atoms with Crippen LogP contribution in [0.15, 0.2) is 48.5 Å². The van der Waals surface area contributed by atoms with Crippen LogP contribution < -0.4 is 5.32 Å². The van der Waals surface area contributed by atoms with Crippen LogP contribution >= 0.6 is 0 Å². The Labute approximate surface area is 132 Å². The van der Waals surface area contributed by atoms with E-state index in [4.69, 9.17) is 0 Å². The van der Waals surface area contributed by atoms with Crippen LogP contribution in [-0.4, -0.2) is 30.1 Å². The number of nitrogens with one attached hydrogen (secondary N) is 1. The molecule has 0 heterocycles. The van der Waals surface area contributed by atoms with Crippen molar-refractivity contribution in [3.8, 4) is 5.75 Å². The third-order valence-corrected chi connectivity index (χ3v) is 3.25. The normalized spacial score (nSPS) is 11.6. The molecule has 2 rings (SSSR count). The van der Waals surface area contributed by atoms with E-state index in [0.717, 1.165) is 0 Å². The van der Waals surface area contributed by atoms with Crippen LogP contribution in [0.5, 0.6) is 5.75 Å². The SMILES string of the molecule is COC(=O)[C@@H](Cc1cccc(F)c1)NC(=O)c1ccc(O)cc1. The predicted octanol–water partition coefficient (Wildman–Crippen LogP) is 2.05. The third kappa shape index (κ3) is 4.54. The maximum Gasteiger partial charge on any atom is 0.328 e. The predicted molar refractivity (Wildman–Crippen MR) is 81.5 cm³/mol. The minimum atomic E-state index is -0.942. The molecule has 2 aromatic carbocycles. The summed E-state index contributed by atoms with van der Waals surface area (Å²) < 4.78 is 17.9. The average Bonchev–Trinajstić information content (AvgIpc) is 2.54. The monoisotopic (exact) mass is 317 g/mol. The van der Waals surface area contributed by atoms with Crippen molar-refractivity contribution in [2.75, 3.05) is 7.11 Å². The zero-order valence-corrected chi connectivity index (χ0v) is 12.5. The molecule has 2 N–H and O–H groups in total. The third-order valence-electron chi connectivity index (χ3n) is 3.25. The summed E-state index contributed by atoms with van der Waals surface area (Å²) in [6, 6.07) is 10.4. The number of hydrogen-bond acceptors (Lipinski definition) is 4. The van der Waals surface area contributed by atoms with Gasteiger partial charge in [-0.25, -0.2) is 9.18 Å². The number of amides is 1. The molecule has 0 fully saturated rings. The summed E-state index contributed by atoms with van der Waals surface area (Å²) in [6.45, 7) is 0. The lowest BCUT2D eigenvalue weighted by atomic mass is 10.1. The highest BCUT2D eigenvalue weighted by molar-refractivity contribution is 5.96. The van der Waals surface area contributed by atoms with Crippen LogP contribution in [0.3, 0.4) is 0 Å². The number of carbonyl (C=O) groups excluding carboxylic acids is 2. The van der Waals surface area contributed by atoms with E-state index in [0.29, 0.717) is 5.56 Å². The minimum Gasteiger partial charge on any atom is -0.508 e. The zero-order chi connectivity index (χ0) is 16.8. The number of methoxy groups -OCH3 is 1. The first-order valence-corrected chi connectivity index (χ1v) is 6.92. The van der Waals surface area contributed by atoms with E-state index in [1.54, 1.807) is 6.07 Å². The van der Waals surface area contributed by atoms with Gasteiger partial charge in [-0.2, -0.15) is 0 Å². The van der Waals surface area contributed by atoms with Crippen molar-refractivity contribution < 1.29 is 23.8 Å². The molecule has 0 unspecified atom stereocenters. The van der Waals surface area contributed by atoms with Gasteiger partial charge < -0.3 is 15.2 Å². The van der Waals surface area contributed by atoms with Crippen molar-refractivity contribution in [3.63, 3.8) is 0 Å². The summed E-state index contributed by atoms with van der Waals surface area (Å²) in [5.41, 5.74) is 0.849. The van der Waals surface area contributed by atoms with Gasteiger partial charge in [-0.05, 0) is 42.0 Å². The Balaban J connectivity index is 2.13. The van der Waals surface area contributed by atoms with Gasteiger partial charge >= 0.3 is 5.97 Å². The summed E-state index contributed by atoms with van der Waals surface area (Å²) in [4.78, 5) is 24.0. The summed E-state index contributed by atoms with van der Waals surface area (Å²) in [7, 11) is 1.22. The highest BCUT2D eigenvalue weighted by atomic mass is 19.1. The first kappa shape index (κ1) is 16.5.